The van der Waals surface area contributed by atoms with Gasteiger partial charge in [0.2, 0.25) is 0 Å². The van der Waals surface area contributed by atoms with Crippen molar-refractivity contribution in [3.8, 4) is 0 Å². The van der Waals surface area contributed by atoms with Crippen LogP contribution in [0.15, 0.2) is 12.7 Å². The number of imidazole rings is 1. The summed E-state index contributed by atoms with van der Waals surface area (Å²) < 4.78 is 18.6. The van der Waals surface area contributed by atoms with E-state index in [4.69, 9.17) is 19.9 Å². The molecule has 1 amide bonds. The fraction of sp³-hybridized carbons (Fsp3) is 0.625. The molecular weight excluding hydrogens is 435 g/mol. The predicted molar refractivity (Wildman–Crippen MR) is 98.7 cm³/mol. The Hall–Kier alpha value is -1.98. The van der Waals surface area contributed by atoms with Gasteiger partial charge in [-0.15, -0.1) is 0 Å². The molecule has 2 aliphatic rings. The van der Waals surface area contributed by atoms with E-state index in [-0.39, 0.29) is 20.8 Å². The van der Waals surface area contributed by atoms with Crippen LogP contribution in [0.5, 0.6) is 0 Å². The molecular formula is C16H22N6O5Se. The minimum absolute atomic E-state index is 0.250. The van der Waals surface area contributed by atoms with Gasteiger partial charge >= 0.3 is 167 Å². The van der Waals surface area contributed by atoms with Crippen LogP contribution in [0.3, 0.4) is 0 Å². The number of morpholine rings is 1. The average Bonchev–Trinajstić information content (AvgIpc) is 3.26. The van der Waals surface area contributed by atoms with E-state index in [1.807, 2.05) is 0 Å². The van der Waals surface area contributed by atoms with Crippen molar-refractivity contribution >= 4 is 38.0 Å². The van der Waals surface area contributed by atoms with Gasteiger partial charge in [-0.2, -0.15) is 0 Å². The number of hydrogen-bond donors (Lipinski definition) is 2. The molecule has 2 saturated heterocycles. The zero-order chi connectivity index (χ0) is 19.7. The van der Waals surface area contributed by atoms with Gasteiger partial charge in [0.05, 0.1) is 0 Å². The Labute approximate surface area is 167 Å². The first-order valence-corrected chi connectivity index (χ1v) is 11.8. The van der Waals surface area contributed by atoms with Crippen molar-refractivity contribution in [2.75, 3.05) is 32.0 Å². The number of ether oxygens (including phenoxy) is 3. The van der Waals surface area contributed by atoms with Crippen LogP contribution in [0.4, 0.5) is 10.6 Å². The molecule has 0 radical (unpaired) electrons. The van der Waals surface area contributed by atoms with Crippen molar-refractivity contribution < 1.29 is 24.1 Å². The molecule has 3 N–H and O–H groups in total. The number of nitrogen functional groups attached to an aromatic ring is 1. The zero-order valence-corrected chi connectivity index (χ0v) is 17.0. The number of carbonyl (C=O) groups excluding carboxylic acids is 1. The molecule has 2 aromatic heterocycles. The summed E-state index contributed by atoms with van der Waals surface area (Å²) in [7, 11) is 0. The second-order valence-electron chi connectivity index (χ2n) is 6.54. The van der Waals surface area contributed by atoms with E-state index < -0.39 is 30.6 Å². The normalized spacial score (nSPS) is 28.0. The van der Waals surface area contributed by atoms with Gasteiger partial charge in [0.1, 0.15) is 0 Å². The summed E-state index contributed by atoms with van der Waals surface area (Å²) in [5.74, 6) is 2.32. The molecule has 0 spiro atoms. The van der Waals surface area contributed by atoms with Gasteiger partial charge in [0.15, 0.2) is 0 Å². The van der Waals surface area contributed by atoms with E-state index in [2.05, 4.69) is 20.8 Å². The number of fused-ring (bicyclic) bond motifs is 1. The van der Waals surface area contributed by atoms with Crippen molar-refractivity contribution in [3.63, 3.8) is 0 Å². The molecule has 12 heteroatoms. The van der Waals surface area contributed by atoms with Crippen LogP contribution in [-0.2, 0) is 14.2 Å². The third kappa shape index (κ3) is 3.53. The van der Waals surface area contributed by atoms with Crippen molar-refractivity contribution in [1.29, 1.82) is 0 Å². The first kappa shape index (κ1) is 19.3. The second-order valence-corrected chi connectivity index (χ2v) is 8.45. The molecule has 4 heterocycles. The number of amides is 1. The monoisotopic (exact) mass is 458 g/mol. The quantitative estimate of drug-likeness (QED) is 0.592. The maximum atomic E-state index is 12.5. The second kappa shape index (κ2) is 8.18. The van der Waals surface area contributed by atoms with Gasteiger partial charge in [-0.3, -0.25) is 0 Å². The van der Waals surface area contributed by atoms with Crippen LogP contribution >= 0.6 is 0 Å². The van der Waals surface area contributed by atoms with Gasteiger partial charge in [0.25, 0.3) is 0 Å². The standard InChI is InChI=1S/C16H22N6O5Se/c1-28-6-9-12(27-16(24)21-2-4-25-5-3-21)11(23)15(26-9)22-8-20-10-13(17)18-7-19-14(10)22/h7-9,11-12,15,23H,2-6H2,1H3,(H2,17,18,19)/t9-,11+,12?,15-/m1/s1. The molecule has 2 aromatic rings. The van der Waals surface area contributed by atoms with Crippen molar-refractivity contribution in [1.82, 2.24) is 24.4 Å². The van der Waals surface area contributed by atoms with Gasteiger partial charge in [-0.05, 0) is 0 Å². The number of anilines is 1. The number of aromatic nitrogens is 4. The zero-order valence-electron chi connectivity index (χ0n) is 15.3. The fourth-order valence-electron chi connectivity index (χ4n) is 3.39. The molecule has 0 aromatic carbocycles. The molecule has 2 fully saturated rings. The summed E-state index contributed by atoms with van der Waals surface area (Å²) in [5.41, 5.74) is 6.73. The average molecular weight is 457 g/mol. The van der Waals surface area contributed by atoms with E-state index in [0.29, 0.717) is 42.8 Å². The first-order valence-electron chi connectivity index (χ1n) is 8.89. The number of aliphatic hydroxyl groups is 1. The number of rotatable bonds is 4. The Morgan fingerprint density at radius 1 is 1.39 bits per heavy atom. The van der Waals surface area contributed by atoms with E-state index in [1.54, 1.807) is 9.47 Å². The summed E-state index contributed by atoms with van der Waals surface area (Å²) in [6.07, 6.45) is -0.665. The number of nitrogens with zero attached hydrogens (tertiary/aromatic N) is 5. The molecule has 2 aliphatic heterocycles. The van der Waals surface area contributed by atoms with Crippen LogP contribution in [0, 0.1) is 0 Å². The van der Waals surface area contributed by atoms with Gasteiger partial charge in [0, 0.05) is 0 Å². The third-order valence-corrected chi connectivity index (χ3v) is 6.20. The summed E-state index contributed by atoms with van der Waals surface area (Å²) in [6, 6.07) is 0. The Morgan fingerprint density at radius 2 is 2.18 bits per heavy atom. The molecule has 4 atom stereocenters. The topological polar surface area (TPSA) is 138 Å². The number of carbonyl (C=O) groups is 1. The fourth-order valence-corrected chi connectivity index (χ4v) is 4.64. The Bertz CT molecular complexity index is 844. The molecule has 4 rings (SSSR count). The van der Waals surface area contributed by atoms with Crippen LogP contribution in [-0.4, -0.2) is 95.2 Å². The first-order chi connectivity index (χ1) is 13.6. The van der Waals surface area contributed by atoms with E-state index in [1.165, 1.54) is 12.7 Å². The molecule has 0 bridgehead atoms. The van der Waals surface area contributed by atoms with Crippen LogP contribution in [0.1, 0.15) is 6.23 Å². The minimum atomic E-state index is -1.06. The van der Waals surface area contributed by atoms with Crippen molar-refractivity contribution in [2.45, 2.75) is 35.7 Å². The van der Waals surface area contributed by atoms with E-state index in [0.717, 1.165) is 0 Å². The SMILES string of the molecule is C[Se]C[C@H]1O[C@@H](n2cnc3c(N)ncnc32)[C@@H](O)C1OC(=O)N1CCOCC1. The number of nitrogens with two attached hydrogens (primary N) is 1. The molecule has 1 unspecified atom stereocenters. The molecule has 0 saturated carbocycles. The molecule has 28 heavy (non-hydrogen) atoms. The molecule has 152 valence electrons. The van der Waals surface area contributed by atoms with Crippen molar-refractivity contribution in [3.05, 3.63) is 12.7 Å². The van der Waals surface area contributed by atoms with Gasteiger partial charge in [-0.25, -0.2) is 0 Å². The van der Waals surface area contributed by atoms with Crippen LogP contribution < -0.4 is 5.73 Å². The van der Waals surface area contributed by atoms with Gasteiger partial charge in [-0.1, -0.05) is 0 Å². The Balaban J connectivity index is 1.56. The maximum absolute atomic E-state index is 12.5. The number of hydrogen-bond acceptors (Lipinski definition) is 9. The van der Waals surface area contributed by atoms with Crippen molar-refractivity contribution in [2.24, 2.45) is 0 Å². The Morgan fingerprint density at radius 3 is 2.93 bits per heavy atom. The van der Waals surface area contributed by atoms with Gasteiger partial charge < -0.3 is 0 Å². The summed E-state index contributed by atoms with van der Waals surface area (Å²) in [6.45, 7) is 1.89. The summed E-state index contributed by atoms with van der Waals surface area (Å²) in [4.78, 5) is 26.5. The molecule has 11 nitrogen and oxygen atoms in total. The van der Waals surface area contributed by atoms with E-state index in [9.17, 15) is 9.90 Å². The Kier molecular flexibility index (Phi) is 5.65. The predicted octanol–water partition coefficient (Wildman–Crippen LogP) is -0.325. The summed E-state index contributed by atoms with van der Waals surface area (Å²) in [5, 5.41) is 11.6. The molecule has 0 aliphatic carbocycles. The van der Waals surface area contributed by atoms with Crippen LogP contribution in [0.25, 0.3) is 11.2 Å². The van der Waals surface area contributed by atoms with Crippen LogP contribution in [0.2, 0.25) is 11.1 Å². The summed E-state index contributed by atoms with van der Waals surface area (Å²) >= 11 is 0.270. The number of aliphatic hydroxyl groups excluding tert-OH is 1. The third-order valence-electron chi connectivity index (χ3n) is 4.81. The van der Waals surface area contributed by atoms with E-state index >= 15 is 0 Å².